The highest BCUT2D eigenvalue weighted by atomic mass is 16.5. The predicted octanol–water partition coefficient (Wildman–Crippen LogP) is 1.68. The number of aryl methyl sites for hydroxylation is 2. The van der Waals surface area contributed by atoms with Gasteiger partial charge in [0.15, 0.2) is 5.82 Å². The average Bonchev–Trinajstić information content (AvgIpc) is 2.46. The van der Waals surface area contributed by atoms with Gasteiger partial charge in [-0.15, -0.1) is 0 Å². The summed E-state index contributed by atoms with van der Waals surface area (Å²) in [6, 6.07) is 1.99. The van der Waals surface area contributed by atoms with Crippen LogP contribution in [0.3, 0.4) is 0 Å². The van der Waals surface area contributed by atoms with Crippen molar-refractivity contribution < 1.29 is 4.52 Å². The fraction of sp³-hybridized carbons (Fsp3) is 0.333. The molecule has 0 bridgehead atoms. The lowest BCUT2D eigenvalue weighted by molar-refractivity contribution is 0.452. The van der Waals surface area contributed by atoms with Crippen LogP contribution >= 0.6 is 0 Å². The largest absolute Gasteiger partial charge is 0.380 e. The molecule has 0 fully saturated rings. The van der Waals surface area contributed by atoms with E-state index in [0.717, 1.165) is 17.5 Å². The van der Waals surface area contributed by atoms with Gasteiger partial charge in [-0.2, -0.15) is 0 Å². The Morgan fingerprint density at radius 3 is 3.00 bits per heavy atom. The van der Waals surface area contributed by atoms with E-state index in [1.807, 2.05) is 13.0 Å². The lowest BCUT2D eigenvalue weighted by atomic mass is 10.1. The number of nitrogens with two attached hydrogens (primary N) is 1. The van der Waals surface area contributed by atoms with Gasteiger partial charge in [0.1, 0.15) is 0 Å². The zero-order valence-corrected chi connectivity index (χ0v) is 7.66. The van der Waals surface area contributed by atoms with E-state index in [1.165, 1.54) is 5.56 Å². The van der Waals surface area contributed by atoms with Crippen molar-refractivity contribution in [3.8, 4) is 0 Å². The van der Waals surface area contributed by atoms with Crippen LogP contribution in [0, 0.1) is 6.92 Å². The maximum Gasteiger partial charge on any atom is 0.260 e. The Morgan fingerprint density at radius 2 is 2.31 bits per heavy atom. The summed E-state index contributed by atoms with van der Waals surface area (Å²) in [6.45, 7) is 4.04. The van der Waals surface area contributed by atoms with Crippen molar-refractivity contribution in [3.63, 3.8) is 0 Å². The Kier molecular flexibility index (Phi) is 1.69. The quantitative estimate of drug-likeness (QED) is 0.719. The summed E-state index contributed by atoms with van der Waals surface area (Å²) in [7, 11) is 0. The fourth-order valence-corrected chi connectivity index (χ4v) is 1.38. The Morgan fingerprint density at radius 1 is 1.54 bits per heavy atom. The zero-order chi connectivity index (χ0) is 9.42. The monoisotopic (exact) mass is 177 g/mol. The first-order chi connectivity index (χ1) is 6.22. The van der Waals surface area contributed by atoms with E-state index in [9.17, 15) is 0 Å². The van der Waals surface area contributed by atoms with Crippen molar-refractivity contribution in [1.82, 2.24) is 10.1 Å². The Labute approximate surface area is 75.7 Å². The second kappa shape index (κ2) is 2.73. The number of nitrogens with zero attached hydrogens (tertiary/aromatic N) is 2. The third kappa shape index (κ3) is 1.14. The molecule has 0 radical (unpaired) electrons. The van der Waals surface area contributed by atoms with Gasteiger partial charge in [0.05, 0.1) is 5.39 Å². The van der Waals surface area contributed by atoms with Crippen molar-refractivity contribution in [1.29, 1.82) is 0 Å². The topological polar surface area (TPSA) is 64.9 Å². The van der Waals surface area contributed by atoms with Crippen molar-refractivity contribution in [2.24, 2.45) is 0 Å². The molecule has 0 aliphatic carbocycles. The van der Waals surface area contributed by atoms with Gasteiger partial charge < -0.3 is 10.3 Å². The maximum absolute atomic E-state index is 5.61. The van der Waals surface area contributed by atoms with Gasteiger partial charge in [-0.25, -0.2) is 4.98 Å². The molecule has 2 rings (SSSR count). The second-order valence-corrected chi connectivity index (χ2v) is 3.01. The minimum absolute atomic E-state index is 0.414. The van der Waals surface area contributed by atoms with Crippen molar-refractivity contribution in [3.05, 3.63) is 17.3 Å². The standard InChI is InChI=1S/C9H11N3O/c1-3-6-4-7-8(10)12-13-9(7)11-5(6)2/h4H,3H2,1-2H3,(H2,10,12). The van der Waals surface area contributed by atoms with E-state index in [2.05, 4.69) is 17.1 Å². The molecule has 2 heterocycles. The molecule has 13 heavy (non-hydrogen) atoms. The van der Waals surface area contributed by atoms with Crippen LogP contribution < -0.4 is 5.73 Å². The van der Waals surface area contributed by atoms with Gasteiger partial charge in [-0.3, -0.25) is 0 Å². The normalized spacial score (nSPS) is 10.9. The molecule has 0 aromatic carbocycles. The zero-order valence-electron chi connectivity index (χ0n) is 7.66. The molecule has 0 saturated heterocycles. The summed E-state index contributed by atoms with van der Waals surface area (Å²) in [6.07, 6.45) is 0.944. The SMILES string of the molecule is CCc1cc2c(N)noc2nc1C. The molecule has 68 valence electrons. The molecule has 4 heteroatoms. The van der Waals surface area contributed by atoms with Crippen LogP contribution in [0.4, 0.5) is 5.82 Å². The van der Waals surface area contributed by atoms with Gasteiger partial charge in [0, 0.05) is 5.69 Å². The number of nitrogen functional groups attached to an aromatic ring is 1. The van der Waals surface area contributed by atoms with Crippen molar-refractivity contribution >= 4 is 16.9 Å². The third-order valence-electron chi connectivity index (χ3n) is 2.17. The summed E-state index contributed by atoms with van der Waals surface area (Å²) in [5.74, 6) is 0.414. The van der Waals surface area contributed by atoms with E-state index in [1.54, 1.807) is 0 Å². The van der Waals surface area contributed by atoms with Gasteiger partial charge in [0.25, 0.3) is 5.71 Å². The van der Waals surface area contributed by atoms with Crippen LogP contribution in [0.25, 0.3) is 11.1 Å². The molecule has 2 aromatic rings. The maximum atomic E-state index is 5.61. The molecule has 0 amide bonds. The lowest BCUT2D eigenvalue weighted by Crippen LogP contribution is -1.91. The molecular formula is C9H11N3O. The Hall–Kier alpha value is -1.58. The first-order valence-electron chi connectivity index (χ1n) is 4.23. The molecule has 4 nitrogen and oxygen atoms in total. The second-order valence-electron chi connectivity index (χ2n) is 3.01. The molecule has 0 aliphatic rings. The first-order valence-corrected chi connectivity index (χ1v) is 4.23. The minimum atomic E-state index is 0.414. The number of aromatic nitrogens is 2. The number of rotatable bonds is 1. The van der Waals surface area contributed by atoms with E-state index >= 15 is 0 Å². The van der Waals surface area contributed by atoms with Gasteiger partial charge in [-0.1, -0.05) is 12.1 Å². The van der Waals surface area contributed by atoms with Gasteiger partial charge in [0.2, 0.25) is 0 Å². The number of hydrogen-bond donors (Lipinski definition) is 1. The number of pyridine rings is 1. The van der Waals surface area contributed by atoms with Crippen molar-refractivity contribution in [2.45, 2.75) is 20.3 Å². The Bertz CT molecular complexity index is 447. The number of fused-ring (bicyclic) bond motifs is 1. The molecule has 0 saturated carbocycles. The molecule has 0 atom stereocenters. The molecule has 0 aliphatic heterocycles. The summed E-state index contributed by atoms with van der Waals surface area (Å²) >= 11 is 0. The summed E-state index contributed by atoms with van der Waals surface area (Å²) in [4.78, 5) is 4.26. The van der Waals surface area contributed by atoms with Crippen LogP contribution in [0.2, 0.25) is 0 Å². The highest BCUT2D eigenvalue weighted by molar-refractivity contribution is 5.84. The van der Waals surface area contributed by atoms with E-state index in [4.69, 9.17) is 10.3 Å². The van der Waals surface area contributed by atoms with E-state index in [0.29, 0.717) is 11.5 Å². The Balaban J connectivity index is 2.77. The molecule has 0 spiro atoms. The molecular weight excluding hydrogens is 166 g/mol. The van der Waals surface area contributed by atoms with Crippen LogP contribution in [-0.4, -0.2) is 10.1 Å². The van der Waals surface area contributed by atoms with Gasteiger partial charge in [-0.05, 0) is 25.0 Å². The lowest BCUT2D eigenvalue weighted by Gasteiger charge is -1.99. The number of hydrogen-bond acceptors (Lipinski definition) is 4. The molecule has 2 N–H and O–H groups in total. The predicted molar refractivity (Wildman–Crippen MR) is 50.3 cm³/mol. The smallest absolute Gasteiger partial charge is 0.260 e. The first kappa shape index (κ1) is 8.04. The molecule has 0 unspecified atom stereocenters. The highest BCUT2D eigenvalue weighted by Gasteiger charge is 2.08. The van der Waals surface area contributed by atoms with Crippen LogP contribution in [-0.2, 0) is 6.42 Å². The van der Waals surface area contributed by atoms with Gasteiger partial charge >= 0.3 is 0 Å². The fourth-order valence-electron chi connectivity index (χ4n) is 1.38. The van der Waals surface area contributed by atoms with Crippen molar-refractivity contribution in [2.75, 3.05) is 5.73 Å². The summed E-state index contributed by atoms with van der Waals surface area (Å²) < 4.78 is 4.94. The highest BCUT2D eigenvalue weighted by Crippen LogP contribution is 2.21. The van der Waals surface area contributed by atoms with Crippen LogP contribution in [0.1, 0.15) is 18.2 Å². The average molecular weight is 177 g/mol. The van der Waals surface area contributed by atoms with E-state index < -0.39 is 0 Å². The van der Waals surface area contributed by atoms with Crippen LogP contribution in [0.5, 0.6) is 0 Å². The molecule has 2 aromatic heterocycles. The third-order valence-corrected chi connectivity index (χ3v) is 2.17. The summed E-state index contributed by atoms with van der Waals surface area (Å²) in [5, 5.41) is 4.46. The summed E-state index contributed by atoms with van der Waals surface area (Å²) in [5.41, 5.74) is 8.29. The number of anilines is 1. The minimum Gasteiger partial charge on any atom is -0.380 e. The van der Waals surface area contributed by atoms with Crippen LogP contribution in [0.15, 0.2) is 10.6 Å². The van der Waals surface area contributed by atoms with E-state index in [-0.39, 0.29) is 0 Å².